The molecule has 32 heavy (non-hydrogen) atoms. The minimum absolute atomic E-state index is 0.219. The highest BCUT2D eigenvalue weighted by atomic mass is 32.2. The van der Waals surface area contributed by atoms with Gasteiger partial charge in [0, 0.05) is 18.4 Å². The van der Waals surface area contributed by atoms with E-state index in [2.05, 4.69) is 4.90 Å². The second-order valence-corrected chi connectivity index (χ2v) is 8.48. The van der Waals surface area contributed by atoms with E-state index in [4.69, 9.17) is 4.74 Å². The van der Waals surface area contributed by atoms with Gasteiger partial charge >= 0.3 is 0 Å². The maximum Gasteiger partial charge on any atom is 0.293 e. The zero-order valence-corrected chi connectivity index (χ0v) is 18.8. The number of carbonyl (C=O) groups is 2. The Balaban J connectivity index is 1.39. The monoisotopic (exact) mass is 444 g/mol. The van der Waals surface area contributed by atoms with Crippen LogP contribution < -0.4 is 9.64 Å². The molecule has 6 heteroatoms. The fourth-order valence-corrected chi connectivity index (χ4v) is 4.26. The quantitative estimate of drug-likeness (QED) is 0.426. The fraction of sp³-hybridized carbons (Fsp3) is 0.154. The van der Waals surface area contributed by atoms with E-state index in [9.17, 15) is 9.59 Å². The van der Waals surface area contributed by atoms with E-state index < -0.39 is 0 Å². The third kappa shape index (κ3) is 5.03. The maximum atomic E-state index is 12.7. The van der Waals surface area contributed by atoms with Crippen LogP contribution in [0.4, 0.5) is 16.2 Å². The molecule has 2 amide bonds. The van der Waals surface area contributed by atoms with E-state index >= 15 is 0 Å². The number of nitrogens with zero attached hydrogens (tertiary/aromatic N) is 2. The van der Waals surface area contributed by atoms with Gasteiger partial charge in [-0.05, 0) is 72.3 Å². The van der Waals surface area contributed by atoms with Gasteiger partial charge in [-0.15, -0.1) is 0 Å². The summed E-state index contributed by atoms with van der Waals surface area (Å²) in [6, 6.07) is 25.7. The second kappa shape index (κ2) is 9.75. The summed E-state index contributed by atoms with van der Waals surface area (Å²) in [5, 5.41) is -0.269. The molecule has 0 bridgehead atoms. The standard InChI is InChI=1S/C26H24N2O3S/c1-19-7-6-10-23(17-19)31-16-15-28-25(29)24(32-26(28)30)18-20-11-13-22(14-12-20)27(2)21-8-4-3-5-9-21/h3-14,17-18H,15-16H2,1-2H3/b24-18-. The predicted octanol–water partition coefficient (Wildman–Crippen LogP) is 5.88. The summed E-state index contributed by atoms with van der Waals surface area (Å²) in [7, 11) is 2.01. The van der Waals surface area contributed by atoms with Crippen molar-refractivity contribution in [1.29, 1.82) is 0 Å². The van der Waals surface area contributed by atoms with E-state index in [1.54, 1.807) is 6.08 Å². The van der Waals surface area contributed by atoms with Gasteiger partial charge in [0.2, 0.25) is 0 Å². The number of para-hydroxylation sites is 1. The number of aryl methyl sites for hydroxylation is 1. The number of rotatable bonds is 7. The molecule has 4 rings (SSSR count). The first-order valence-corrected chi connectivity index (χ1v) is 11.2. The van der Waals surface area contributed by atoms with Crippen molar-refractivity contribution < 1.29 is 14.3 Å². The molecule has 0 N–H and O–H groups in total. The summed E-state index contributed by atoms with van der Waals surface area (Å²) in [5.74, 6) is 0.450. The van der Waals surface area contributed by atoms with Crippen molar-refractivity contribution in [2.24, 2.45) is 0 Å². The highest BCUT2D eigenvalue weighted by molar-refractivity contribution is 8.18. The molecule has 3 aromatic rings. The van der Waals surface area contributed by atoms with Crippen molar-refractivity contribution in [2.75, 3.05) is 25.1 Å². The lowest BCUT2D eigenvalue weighted by Gasteiger charge is -2.19. The molecule has 1 aliphatic rings. The van der Waals surface area contributed by atoms with E-state index in [-0.39, 0.29) is 24.3 Å². The number of thioether (sulfide) groups is 1. The molecule has 162 valence electrons. The van der Waals surface area contributed by atoms with Crippen molar-refractivity contribution in [1.82, 2.24) is 4.90 Å². The minimum atomic E-state index is -0.279. The van der Waals surface area contributed by atoms with Gasteiger partial charge < -0.3 is 9.64 Å². The highest BCUT2D eigenvalue weighted by Crippen LogP contribution is 2.32. The highest BCUT2D eigenvalue weighted by Gasteiger charge is 2.34. The smallest absolute Gasteiger partial charge is 0.293 e. The third-order valence-corrected chi connectivity index (χ3v) is 6.08. The number of ether oxygens (including phenoxy) is 1. The molecule has 0 spiro atoms. The van der Waals surface area contributed by atoms with E-state index in [1.165, 1.54) is 4.90 Å². The molecule has 0 saturated carbocycles. The summed E-state index contributed by atoms with van der Waals surface area (Å²) < 4.78 is 5.69. The van der Waals surface area contributed by atoms with Crippen molar-refractivity contribution in [3.05, 3.63) is 94.9 Å². The number of hydrogen-bond acceptors (Lipinski definition) is 5. The first kappa shape index (κ1) is 21.7. The largest absolute Gasteiger partial charge is 0.492 e. The summed E-state index contributed by atoms with van der Waals surface area (Å²) in [6.45, 7) is 2.46. The van der Waals surface area contributed by atoms with E-state index in [0.29, 0.717) is 4.91 Å². The molecule has 1 fully saturated rings. The normalized spacial score (nSPS) is 14.8. The first-order chi connectivity index (χ1) is 15.5. The Labute approximate surface area is 192 Å². The molecule has 0 atom stereocenters. The summed E-state index contributed by atoms with van der Waals surface area (Å²) in [4.78, 5) is 28.8. The molecule has 0 unspecified atom stereocenters. The van der Waals surface area contributed by atoms with Crippen LogP contribution in [0.25, 0.3) is 6.08 Å². The molecular formula is C26H24N2O3S. The average Bonchev–Trinajstić information content (AvgIpc) is 3.07. The van der Waals surface area contributed by atoms with Gasteiger partial charge in [-0.3, -0.25) is 14.5 Å². The maximum absolute atomic E-state index is 12.7. The van der Waals surface area contributed by atoms with Gasteiger partial charge in [-0.1, -0.05) is 42.5 Å². The Kier molecular flexibility index (Phi) is 6.61. The average molecular weight is 445 g/mol. The molecule has 5 nitrogen and oxygen atoms in total. The van der Waals surface area contributed by atoms with Crippen molar-refractivity contribution in [3.63, 3.8) is 0 Å². The van der Waals surface area contributed by atoms with Gasteiger partial charge in [0.15, 0.2) is 0 Å². The van der Waals surface area contributed by atoms with Crippen LogP contribution in [-0.4, -0.2) is 36.2 Å². The first-order valence-electron chi connectivity index (χ1n) is 10.3. The lowest BCUT2D eigenvalue weighted by molar-refractivity contribution is -0.123. The van der Waals surface area contributed by atoms with Crippen molar-refractivity contribution >= 4 is 40.4 Å². The van der Waals surface area contributed by atoms with Crippen LogP contribution in [0.3, 0.4) is 0 Å². The zero-order valence-electron chi connectivity index (χ0n) is 18.0. The topological polar surface area (TPSA) is 49.9 Å². The van der Waals surface area contributed by atoms with Gasteiger partial charge in [0.1, 0.15) is 12.4 Å². The number of imide groups is 1. The fourth-order valence-electron chi connectivity index (χ4n) is 3.40. The Bertz CT molecular complexity index is 1140. The van der Waals surface area contributed by atoms with Gasteiger partial charge in [0.05, 0.1) is 11.4 Å². The Hall–Kier alpha value is -3.51. The van der Waals surface area contributed by atoms with E-state index in [0.717, 1.165) is 40.0 Å². The second-order valence-electron chi connectivity index (χ2n) is 7.48. The summed E-state index contributed by atoms with van der Waals surface area (Å²) >= 11 is 0.965. The van der Waals surface area contributed by atoms with E-state index in [1.807, 2.05) is 92.8 Å². The van der Waals surface area contributed by atoms with Crippen molar-refractivity contribution in [3.8, 4) is 5.75 Å². The molecular weight excluding hydrogens is 420 g/mol. The van der Waals surface area contributed by atoms with Crippen LogP contribution in [0.15, 0.2) is 83.8 Å². The van der Waals surface area contributed by atoms with Crippen LogP contribution in [0, 0.1) is 6.92 Å². The molecule has 0 aromatic heterocycles. The third-order valence-electron chi connectivity index (χ3n) is 5.17. The Morgan fingerprint density at radius 2 is 1.66 bits per heavy atom. The molecule has 1 saturated heterocycles. The van der Waals surface area contributed by atoms with Crippen LogP contribution in [0.5, 0.6) is 5.75 Å². The lowest BCUT2D eigenvalue weighted by Crippen LogP contribution is -2.32. The number of anilines is 2. The minimum Gasteiger partial charge on any atom is -0.492 e. The number of hydrogen-bond donors (Lipinski definition) is 0. The molecule has 1 aliphatic heterocycles. The Morgan fingerprint density at radius 1 is 0.938 bits per heavy atom. The van der Waals surface area contributed by atoms with Crippen LogP contribution in [-0.2, 0) is 4.79 Å². The van der Waals surface area contributed by atoms with Crippen LogP contribution in [0.1, 0.15) is 11.1 Å². The zero-order chi connectivity index (χ0) is 22.5. The van der Waals surface area contributed by atoms with Gasteiger partial charge in [-0.2, -0.15) is 0 Å². The van der Waals surface area contributed by atoms with Crippen LogP contribution in [0.2, 0.25) is 0 Å². The molecule has 0 aliphatic carbocycles. The molecule has 3 aromatic carbocycles. The summed E-state index contributed by atoms with van der Waals surface area (Å²) in [5.41, 5.74) is 4.10. The molecule has 0 radical (unpaired) electrons. The van der Waals surface area contributed by atoms with Crippen molar-refractivity contribution in [2.45, 2.75) is 6.92 Å². The van der Waals surface area contributed by atoms with Crippen LogP contribution >= 0.6 is 11.8 Å². The molecule has 1 heterocycles. The van der Waals surface area contributed by atoms with Gasteiger partial charge in [-0.25, -0.2) is 0 Å². The Morgan fingerprint density at radius 3 is 2.38 bits per heavy atom. The summed E-state index contributed by atoms with van der Waals surface area (Å²) in [6.07, 6.45) is 1.76. The SMILES string of the molecule is Cc1cccc(OCCN2C(=O)S/C(=C\c3ccc(N(C)c4ccccc4)cc3)C2=O)c1. The lowest BCUT2D eigenvalue weighted by atomic mass is 10.1. The number of benzene rings is 3. The predicted molar refractivity (Wildman–Crippen MR) is 130 cm³/mol. The number of carbonyl (C=O) groups excluding carboxylic acids is 2. The van der Waals surface area contributed by atoms with Gasteiger partial charge in [0.25, 0.3) is 11.1 Å². The number of amides is 2.